The van der Waals surface area contributed by atoms with Crippen LogP contribution >= 0.6 is 0 Å². The third-order valence-corrected chi connectivity index (χ3v) is 3.20. The summed E-state index contributed by atoms with van der Waals surface area (Å²) in [5, 5.41) is 21.3. The second-order valence-corrected chi connectivity index (χ2v) is 4.88. The van der Waals surface area contributed by atoms with Crippen molar-refractivity contribution in [3.63, 3.8) is 0 Å². The first-order valence-corrected chi connectivity index (χ1v) is 6.77. The summed E-state index contributed by atoms with van der Waals surface area (Å²) in [6, 6.07) is -0.289. The van der Waals surface area contributed by atoms with Gasteiger partial charge in [-0.2, -0.15) is 0 Å². The number of carbonyl (C=O) groups excluding carboxylic acids is 2. The van der Waals surface area contributed by atoms with Crippen LogP contribution < -0.4 is 10.6 Å². The van der Waals surface area contributed by atoms with E-state index < -0.39 is 11.9 Å². The summed E-state index contributed by atoms with van der Waals surface area (Å²) in [4.78, 5) is 23.2. The fourth-order valence-electron chi connectivity index (χ4n) is 2.25. The largest absolute Gasteiger partial charge is 0.396 e. The van der Waals surface area contributed by atoms with Crippen molar-refractivity contribution in [1.82, 2.24) is 25.6 Å². The van der Waals surface area contributed by atoms with Gasteiger partial charge in [0.1, 0.15) is 6.54 Å². The fourth-order valence-corrected chi connectivity index (χ4v) is 2.25. The third kappa shape index (κ3) is 4.30. The molecule has 0 unspecified atom stereocenters. The van der Waals surface area contributed by atoms with Crippen molar-refractivity contribution in [3.8, 4) is 0 Å². The van der Waals surface area contributed by atoms with Crippen LogP contribution in [0.3, 0.4) is 0 Å². The molecule has 1 aromatic rings. The molecular formula is C12H19N5O3. The van der Waals surface area contributed by atoms with E-state index in [0.29, 0.717) is 12.1 Å². The Morgan fingerprint density at radius 2 is 2.15 bits per heavy atom. The number of nitrogens with one attached hydrogen (secondary N) is 2. The molecule has 0 radical (unpaired) electrons. The molecule has 1 fully saturated rings. The Hall–Kier alpha value is -1.96. The second-order valence-electron chi connectivity index (χ2n) is 4.88. The Morgan fingerprint density at radius 3 is 2.85 bits per heavy atom. The van der Waals surface area contributed by atoms with Crippen molar-refractivity contribution in [3.05, 3.63) is 11.9 Å². The maximum Gasteiger partial charge on any atom is 0.321 e. The molecule has 0 atom stereocenters. The number of hydrogen-bond donors (Lipinski definition) is 3. The summed E-state index contributed by atoms with van der Waals surface area (Å²) in [7, 11) is 0. The van der Waals surface area contributed by atoms with Gasteiger partial charge in [-0.15, -0.1) is 5.10 Å². The average molecular weight is 281 g/mol. The predicted molar refractivity (Wildman–Crippen MR) is 69.7 cm³/mol. The van der Waals surface area contributed by atoms with E-state index in [-0.39, 0.29) is 19.2 Å². The number of nitrogens with zero attached hydrogens (tertiary/aromatic N) is 3. The molecular weight excluding hydrogens is 262 g/mol. The Labute approximate surface area is 116 Å². The van der Waals surface area contributed by atoms with Crippen LogP contribution in [0, 0.1) is 0 Å². The minimum Gasteiger partial charge on any atom is -0.396 e. The third-order valence-electron chi connectivity index (χ3n) is 3.20. The number of aliphatic hydroxyl groups is 1. The highest BCUT2D eigenvalue weighted by molar-refractivity contribution is 5.94. The van der Waals surface area contributed by atoms with Crippen molar-refractivity contribution in [2.75, 3.05) is 6.61 Å². The molecule has 0 spiro atoms. The average Bonchev–Trinajstić information content (AvgIpc) is 3.01. The number of aromatic nitrogens is 3. The lowest BCUT2D eigenvalue weighted by atomic mass is 10.2. The molecule has 3 N–H and O–H groups in total. The zero-order valence-corrected chi connectivity index (χ0v) is 11.2. The molecule has 8 nitrogen and oxygen atoms in total. The van der Waals surface area contributed by atoms with Gasteiger partial charge >= 0.3 is 6.03 Å². The van der Waals surface area contributed by atoms with Crippen LogP contribution in [0.25, 0.3) is 0 Å². The van der Waals surface area contributed by atoms with Crippen LogP contribution in [0.15, 0.2) is 6.20 Å². The summed E-state index contributed by atoms with van der Waals surface area (Å²) in [5.74, 6) is -0.444. The van der Waals surface area contributed by atoms with Gasteiger partial charge in [-0.3, -0.25) is 10.1 Å². The number of amides is 3. The molecule has 0 aliphatic heterocycles. The molecule has 110 valence electrons. The highest BCUT2D eigenvalue weighted by atomic mass is 16.3. The van der Waals surface area contributed by atoms with Gasteiger partial charge in [0, 0.05) is 25.3 Å². The molecule has 0 aromatic carbocycles. The lowest BCUT2D eigenvalue weighted by Gasteiger charge is -2.11. The zero-order chi connectivity index (χ0) is 14.4. The van der Waals surface area contributed by atoms with Gasteiger partial charge in [0.25, 0.3) is 0 Å². The van der Waals surface area contributed by atoms with E-state index in [0.717, 1.165) is 25.7 Å². The van der Waals surface area contributed by atoms with Crippen molar-refractivity contribution >= 4 is 11.9 Å². The molecule has 1 aliphatic rings. The van der Waals surface area contributed by atoms with Crippen LogP contribution in [0.4, 0.5) is 4.79 Å². The van der Waals surface area contributed by atoms with Crippen LogP contribution in [-0.2, 0) is 17.8 Å². The Morgan fingerprint density at radius 1 is 1.40 bits per heavy atom. The Balaban J connectivity index is 1.74. The fraction of sp³-hybridized carbons (Fsp3) is 0.667. The highest BCUT2D eigenvalue weighted by Gasteiger charge is 2.18. The van der Waals surface area contributed by atoms with Crippen molar-refractivity contribution in [2.45, 2.75) is 44.7 Å². The Bertz CT molecular complexity index is 467. The van der Waals surface area contributed by atoms with Crippen LogP contribution in [0.1, 0.15) is 31.4 Å². The predicted octanol–water partition coefficient (Wildman–Crippen LogP) is -0.419. The standard InChI is InChI=1S/C12H19N5O3/c18-6-5-10-7-17(16-15-10)8-11(19)14-12(20)13-9-3-1-2-4-9/h7,9,18H,1-6,8H2,(H2,13,14,19,20). The normalized spacial score (nSPS) is 15.2. The lowest BCUT2D eigenvalue weighted by Crippen LogP contribution is -2.44. The van der Waals surface area contributed by atoms with Gasteiger partial charge in [0.2, 0.25) is 5.91 Å². The van der Waals surface area contributed by atoms with E-state index in [1.165, 1.54) is 4.68 Å². The summed E-state index contributed by atoms with van der Waals surface area (Å²) in [5.41, 5.74) is 0.607. The molecule has 20 heavy (non-hydrogen) atoms. The van der Waals surface area contributed by atoms with Gasteiger partial charge in [-0.05, 0) is 12.8 Å². The first-order valence-electron chi connectivity index (χ1n) is 6.77. The van der Waals surface area contributed by atoms with Crippen LogP contribution in [0.5, 0.6) is 0 Å². The van der Waals surface area contributed by atoms with Gasteiger partial charge in [-0.1, -0.05) is 18.1 Å². The van der Waals surface area contributed by atoms with Crippen molar-refractivity contribution in [2.24, 2.45) is 0 Å². The molecule has 2 rings (SSSR count). The van der Waals surface area contributed by atoms with E-state index in [9.17, 15) is 9.59 Å². The smallest absolute Gasteiger partial charge is 0.321 e. The molecule has 3 amide bonds. The lowest BCUT2D eigenvalue weighted by molar-refractivity contribution is -0.120. The topological polar surface area (TPSA) is 109 Å². The van der Waals surface area contributed by atoms with Crippen LogP contribution in [0.2, 0.25) is 0 Å². The van der Waals surface area contributed by atoms with Gasteiger partial charge in [0.05, 0.1) is 5.69 Å². The van der Waals surface area contributed by atoms with Gasteiger partial charge in [-0.25, -0.2) is 9.48 Å². The quantitative estimate of drug-likeness (QED) is 0.679. The molecule has 0 bridgehead atoms. The molecule has 1 saturated carbocycles. The summed E-state index contributed by atoms with van der Waals surface area (Å²) >= 11 is 0. The van der Waals surface area contributed by atoms with E-state index in [2.05, 4.69) is 20.9 Å². The number of imide groups is 1. The summed E-state index contributed by atoms with van der Waals surface area (Å²) in [6.45, 7) is -0.0921. The van der Waals surface area contributed by atoms with E-state index in [4.69, 9.17) is 5.11 Å². The van der Waals surface area contributed by atoms with Gasteiger partial charge < -0.3 is 10.4 Å². The second kappa shape index (κ2) is 6.99. The van der Waals surface area contributed by atoms with E-state index in [1.54, 1.807) is 6.20 Å². The Kier molecular flexibility index (Phi) is 5.05. The first kappa shape index (κ1) is 14.4. The molecule has 1 heterocycles. The van der Waals surface area contributed by atoms with Crippen LogP contribution in [-0.4, -0.2) is 44.7 Å². The van der Waals surface area contributed by atoms with E-state index >= 15 is 0 Å². The minimum absolute atomic E-state index is 0.0192. The number of aliphatic hydroxyl groups excluding tert-OH is 1. The monoisotopic (exact) mass is 281 g/mol. The SMILES string of the molecule is O=C(Cn1cc(CCO)nn1)NC(=O)NC1CCCC1. The van der Waals surface area contributed by atoms with Crippen molar-refractivity contribution in [1.29, 1.82) is 0 Å². The number of urea groups is 1. The molecule has 8 heteroatoms. The molecule has 1 aromatic heterocycles. The first-order chi connectivity index (χ1) is 9.67. The summed E-state index contributed by atoms with van der Waals surface area (Å²) < 4.78 is 1.34. The minimum atomic E-state index is -0.461. The summed E-state index contributed by atoms with van der Waals surface area (Å²) in [6.07, 6.45) is 6.13. The molecule has 0 saturated heterocycles. The van der Waals surface area contributed by atoms with Crippen molar-refractivity contribution < 1.29 is 14.7 Å². The number of carbonyl (C=O) groups is 2. The molecule has 1 aliphatic carbocycles. The van der Waals surface area contributed by atoms with Gasteiger partial charge in [0.15, 0.2) is 0 Å². The maximum atomic E-state index is 11.7. The number of hydrogen-bond acceptors (Lipinski definition) is 5. The highest BCUT2D eigenvalue weighted by Crippen LogP contribution is 2.17. The zero-order valence-electron chi connectivity index (χ0n) is 11.2. The number of rotatable bonds is 5. The maximum absolute atomic E-state index is 11.7. The van der Waals surface area contributed by atoms with E-state index in [1.807, 2.05) is 0 Å².